The van der Waals surface area contributed by atoms with Crippen molar-refractivity contribution in [2.75, 3.05) is 0 Å². The maximum absolute atomic E-state index is 4.95. The predicted octanol–water partition coefficient (Wildman–Crippen LogP) is 14.3. The van der Waals surface area contributed by atoms with Gasteiger partial charge in [0.25, 0.3) is 0 Å². The molecule has 0 saturated heterocycles. The number of nitrogens with zero attached hydrogens (tertiary/aromatic N) is 14. The van der Waals surface area contributed by atoms with E-state index in [1.807, 2.05) is 13.8 Å². The molecule has 0 atom stereocenters. The first-order chi connectivity index (χ1) is 33.0. The molecule has 0 radical (unpaired) electrons. The Balaban J connectivity index is 0.000000183. The third-order valence-corrected chi connectivity index (χ3v) is 14.4. The first kappa shape index (κ1) is 59.7. The first-order valence-electron chi connectivity index (χ1n) is 27.0. The van der Waals surface area contributed by atoms with Gasteiger partial charge in [-0.2, -0.15) is 20.4 Å². The summed E-state index contributed by atoms with van der Waals surface area (Å²) in [4.78, 5) is 9.37. The van der Waals surface area contributed by atoms with Crippen molar-refractivity contribution in [2.45, 2.75) is 252 Å². The third kappa shape index (κ3) is 10.9. The molecule has 0 bridgehead atoms. The standard InChI is InChI=1S/2C16H27N3.2C14H24N4/c1-10-11(2)18(9)13-12(10)19(16(6,7)8)17-14(13)15(3,4)5;1-10-11(2)18(9)14-12(10)13(15(3,4)5)17-19(14)16(6,7)8;1-9-15-12-10(17(9)8)11(13(2,3)4)16-18(12)14(5,6)7;1-9-15-10-11(13(2,3)4)16-18(14(5,6)7)12(10)17(9)8/h2*1-9H3;2*1-8H3. The van der Waals surface area contributed by atoms with E-state index in [-0.39, 0.29) is 43.8 Å². The molecule has 8 heterocycles. The van der Waals surface area contributed by atoms with Crippen molar-refractivity contribution < 1.29 is 0 Å². The van der Waals surface area contributed by atoms with E-state index in [2.05, 4.69) is 264 Å². The van der Waals surface area contributed by atoms with Crippen molar-refractivity contribution in [3.05, 3.63) is 56.9 Å². The second-order valence-electron chi connectivity index (χ2n) is 29.4. The summed E-state index contributed by atoms with van der Waals surface area (Å²) in [6, 6.07) is 0. The van der Waals surface area contributed by atoms with Gasteiger partial charge in [-0.05, 0) is 136 Å². The van der Waals surface area contributed by atoms with Crippen LogP contribution in [-0.2, 0) is 72.0 Å². The molecule has 0 aliphatic carbocycles. The van der Waals surface area contributed by atoms with E-state index in [4.69, 9.17) is 25.4 Å². The van der Waals surface area contributed by atoms with Crippen LogP contribution in [0.3, 0.4) is 0 Å². The van der Waals surface area contributed by atoms with Gasteiger partial charge in [0.05, 0.1) is 56.0 Å². The Kier molecular flexibility index (Phi) is 15.2. The minimum atomic E-state index is -0.0530. The van der Waals surface area contributed by atoms with Crippen LogP contribution in [0.15, 0.2) is 0 Å². The van der Waals surface area contributed by atoms with Crippen LogP contribution in [0.25, 0.3) is 44.4 Å². The monoisotopic (exact) mass is 1020 g/mol. The van der Waals surface area contributed by atoms with Gasteiger partial charge >= 0.3 is 0 Å². The summed E-state index contributed by atoms with van der Waals surface area (Å²) in [5.74, 6) is 2.07. The molecule has 14 nitrogen and oxygen atoms in total. The largest absolute Gasteiger partial charge is 0.345 e. The van der Waals surface area contributed by atoms with E-state index in [1.165, 1.54) is 56.0 Å². The number of aromatic nitrogens is 14. The molecule has 8 rings (SSSR count). The summed E-state index contributed by atoms with van der Waals surface area (Å²) in [5.41, 5.74) is 18.1. The van der Waals surface area contributed by atoms with Crippen molar-refractivity contribution in [3.8, 4) is 0 Å². The Labute approximate surface area is 446 Å². The summed E-state index contributed by atoms with van der Waals surface area (Å²) >= 11 is 0. The molecule has 0 spiro atoms. The molecule has 0 aliphatic heterocycles. The molecule has 0 aromatic carbocycles. The van der Waals surface area contributed by atoms with Crippen LogP contribution in [-0.4, -0.2) is 67.4 Å². The van der Waals surface area contributed by atoms with Crippen LogP contribution in [0.1, 0.15) is 223 Å². The smallest absolute Gasteiger partial charge is 0.177 e. The predicted molar refractivity (Wildman–Crippen MR) is 314 cm³/mol. The fraction of sp³-hybridized carbons (Fsp3) is 0.700. The Morgan fingerprint density at radius 2 is 0.676 bits per heavy atom. The van der Waals surface area contributed by atoms with E-state index >= 15 is 0 Å². The highest BCUT2D eigenvalue weighted by molar-refractivity contribution is 5.87. The summed E-state index contributed by atoms with van der Waals surface area (Å²) in [5, 5.41) is 20.9. The normalized spacial score (nSPS) is 13.5. The molecule has 74 heavy (non-hydrogen) atoms. The molecule has 0 aliphatic rings. The highest BCUT2D eigenvalue weighted by atomic mass is 15.4. The van der Waals surface area contributed by atoms with Gasteiger partial charge in [0.2, 0.25) is 0 Å². The second kappa shape index (κ2) is 18.8. The van der Waals surface area contributed by atoms with Gasteiger partial charge in [-0.25, -0.2) is 24.0 Å². The third-order valence-electron chi connectivity index (χ3n) is 14.4. The zero-order valence-corrected chi connectivity index (χ0v) is 53.3. The molecular weight excluding hydrogens is 917 g/mol. The van der Waals surface area contributed by atoms with Crippen LogP contribution < -0.4 is 0 Å². The van der Waals surface area contributed by atoms with Crippen LogP contribution in [0.4, 0.5) is 0 Å². The van der Waals surface area contributed by atoms with Crippen LogP contribution in [0.2, 0.25) is 0 Å². The summed E-state index contributed by atoms with van der Waals surface area (Å²) in [6.45, 7) is 65.7. The molecule has 412 valence electrons. The van der Waals surface area contributed by atoms with Gasteiger partial charge in [-0.3, -0.25) is 4.68 Å². The lowest BCUT2D eigenvalue weighted by Crippen LogP contribution is -2.25. The summed E-state index contributed by atoms with van der Waals surface area (Å²) in [6.07, 6.45) is 0. The van der Waals surface area contributed by atoms with Crippen molar-refractivity contribution >= 4 is 44.4 Å². The van der Waals surface area contributed by atoms with E-state index < -0.39 is 0 Å². The number of fused-ring (bicyclic) bond motifs is 4. The fourth-order valence-corrected chi connectivity index (χ4v) is 9.63. The number of hydrogen-bond donors (Lipinski definition) is 0. The van der Waals surface area contributed by atoms with Gasteiger partial charge in [-0.15, -0.1) is 0 Å². The average molecular weight is 1020 g/mol. The Hall–Kier alpha value is -5.14. The number of rotatable bonds is 0. The zero-order chi connectivity index (χ0) is 57.3. The quantitative estimate of drug-likeness (QED) is 0.149. The van der Waals surface area contributed by atoms with Gasteiger partial charge in [0, 0.05) is 66.6 Å². The number of hydrogen-bond acceptors (Lipinski definition) is 6. The zero-order valence-electron chi connectivity index (χ0n) is 53.3. The lowest BCUT2D eigenvalue weighted by molar-refractivity contribution is 0.354. The van der Waals surface area contributed by atoms with Crippen molar-refractivity contribution in [1.29, 1.82) is 0 Å². The minimum Gasteiger partial charge on any atom is -0.345 e. The van der Waals surface area contributed by atoms with Gasteiger partial charge < -0.3 is 18.3 Å². The Morgan fingerprint density at radius 3 is 1.11 bits per heavy atom. The maximum Gasteiger partial charge on any atom is 0.177 e. The molecule has 8 aromatic rings. The second-order valence-corrected chi connectivity index (χ2v) is 29.4. The van der Waals surface area contributed by atoms with E-state index in [0.29, 0.717) is 0 Å². The summed E-state index contributed by atoms with van der Waals surface area (Å²) in [7, 11) is 8.41. The molecule has 0 N–H and O–H groups in total. The van der Waals surface area contributed by atoms with Gasteiger partial charge in [0.1, 0.15) is 28.3 Å². The first-order valence-corrected chi connectivity index (χ1v) is 27.0. The van der Waals surface area contributed by atoms with Crippen molar-refractivity contribution in [2.24, 2.45) is 28.2 Å². The SMILES string of the molecule is Cc1c(C)n(C)c2c(C(C)(C)C)nn(C(C)(C)C)c12.Cc1c(C)n(C)c2c1c(C(C)(C)C)nn2C(C)(C)C.Cc1nc2c(C(C)(C)C)nn(C(C)(C)C)c2n1C.Cc1nc2c(c(C(C)(C)C)nn2C(C)(C)C)n1C. The van der Waals surface area contributed by atoms with Crippen LogP contribution in [0.5, 0.6) is 0 Å². The summed E-state index contributed by atoms with van der Waals surface area (Å²) < 4.78 is 17.4. The lowest BCUT2D eigenvalue weighted by atomic mass is 9.89. The average Bonchev–Trinajstić information content (AvgIpc) is 4.08. The van der Waals surface area contributed by atoms with Crippen molar-refractivity contribution in [3.63, 3.8) is 0 Å². The van der Waals surface area contributed by atoms with Gasteiger partial charge in [-0.1, -0.05) is 83.1 Å². The van der Waals surface area contributed by atoms with Gasteiger partial charge in [0.15, 0.2) is 11.3 Å². The highest BCUT2D eigenvalue weighted by Gasteiger charge is 2.34. The molecule has 0 amide bonds. The maximum atomic E-state index is 4.95. The fourth-order valence-electron chi connectivity index (χ4n) is 9.63. The van der Waals surface area contributed by atoms with E-state index in [9.17, 15) is 0 Å². The van der Waals surface area contributed by atoms with E-state index in [1.54, 1.807) is 0 Å². The molecule has 0 unspecified atom stereocenters. The molecular formula is C60H102N14. The van der Waals surface area contributed by atoms with Crippen molar-refractivity contribution in [1.82, 2.24) is 67.4 Å². The number of aryl methyl sites for hydroxylation is 8. The highest BCUT2D eigenvalue weighted by Crippen LogP contribution is 2.39. The Morgan fingerprint density at radius 1 is 0.311 bits per heavy atom. The molecule has 0 fully saturated rings. The molecule has 14 heteroatoms. The molecule has 0 saturated carbocycles. The van der Waals surface area contributed by atoms with Crippen LogP contribution in [0, 0.1) is 41.5 Å². The minimum absolute atomic E-state index is 0.000301. The van der Waals surface area contributed by atoms with E-state index in [0.717, 1.165) is 45.4 Å². The van der Waals surface area contributed by atoms with Crippen LogP contribution >= 0.6 is 0 Å². The number of imidazole rings is 2. The lowest BCUT2D eigenvalue weighted by Gasteiger charge is -2.22. The Bertz CT molecular complexity index is 3000. The topological polar surface area (TPSA) is 117 Å². The molecule has 8 aromatic heterocycles.